The highest BCUT2D eigenvalue weighted by molar-refractivity contribution is 5.68. The van der Waals surface area contributed by atoms with Crippen molar-refractivity contribution in [1.29, 1.82) is 5.26 Å². The van der Waals surface area contributed by atoms with Crippen LogP contribution in [0.2, 0.25) is 0 Å². The lowest BCUT2D eigenvalue weighted by molar-refractivity contribution is 0.0253. The molecule has 0 radical (unpaired) electrons. The Balaban J connectivity index is 1.18. The number of anilines is 1. The van der Waals surface area contributed by atoms with Gasteiger partial charge in [0.15, 0.2) is 5.67 Å². The number of rotatable bonds is 11. The minimum absolute atomic E-state index is 0.0335. The Morgan fingerprint density at radius 3 is 2.36 bits per heavy atom. The Hall–Kier alpha value is -4.02. The fourth-order valence-electron chi connectivity index (χ4n) is 8.94. The number of alkyl halides is 1. The van der Waals surface area contributed by atoms with Gasteiger partial charge in [0.2, 0.25) is 0 Å². The van der Waals surface area contributed by atoms with Crippen LogP contribution in [-0.2, 0) is 21.4 Å². The molecule has 1 aliphatic carbocycles. The number of nitrogens with zero attached hydrogens (tertiary/aromatic N) is 4. The van der Waals surface area contributed by atoms with E-state index in [1.807, 2.05) is 6.07 Å². The molecule has 2 N–H and O–H groups in total. The number of carbonyl (C=O) groups excluding carboxylic acids is 2. The summed E-state index contributed by atoms with van der Waals surface area (Å²) in [5, 5.41) is 15.5. The fourth-order valence-corrected chi connectivity index (χ4v) is 8.94. The first-order valence-corrected chi connectivity index (χ1v) is 17.6. The highest BCUT2D eigenvalue weighted by atomic mass is 19.1. The van der Waals surface area contributed by atoms with Gasteiger partial charge in [0.05, 0.1) is 44.6 Å². The van der Waals surface area contributed by atoms with Crippen LogP contribution in [0.25, 0.3) is 0 Å². The molecule has 2 aromatic rings. The molecule has 3 aliphatic heterocycles. The summed E-state index contributed by atoms with van der Waals surface area (Å²) in [6, 6.07) is 11.3. The molecule has 3 saturated heterocycles. The lowest BCUT2D eigenvalue weighted by atomic mass is 9.58. The molecule has 2 amide bonds. The molecule has 0 bridgehead atoms. The van der Waals surface area contributed by atoms with Crippen LogP contribution in [0.5, 0.6) is 0 Å². The van der Waals surface area contributed by atoms with Gasteiger partial charge < -0.3 is 25.0 Å². The van der Waals surface area contributed by atoms with Gasteiger partial charge in [-0.25, -0.2) is 22.8 Å². The van der Waals surface area contributed by atoms with Gasteiger partial charge in [-0.15, -0.1) is 0 Å². The van der Waals surface area contributed by atoms with E-state index in [4.69, 9.17) is 9.47 Å². The molecule has 2 aromatic carbocycles. The van der Waals surface area contributed by atoms with Gasteiger partial charge in [0.25, 0.3) is 0 Å². The number of alkyl carbamates (subject to hydrolysis) is 2. The molecule has 270 valence electrons. The molecule has 4 aliphatic rings. The van der Waals surface area contributed by atoms with Crippen LogP contribution < -0.4 is 15.5 Å². The van der Waals surface area contributed by atoms with E-state index in [1.54, 1.807) is 17.0 Å². The number of methoxy groups -OCH3 is 2. The summed E-state index contributed by atoms with van der Waals surface area (Å²) in [7, 11) is 2.62. The lowest BCUT2D eigenvalue weighted by Crippen LogP contribution is -2.65. The highest BCUT2D eigenvalue weighted by Gasteiger charge is 2.53. The molecule has 6 rings (SSSR count). The second kappa shape index (κ2) is 15.1. The number of hydrogen-bond donors (Lipinski definition) is 2. The molecular formula is C37H47F3N6O4. The standard InChI is InChI=1S/C37H47F3N6O4/c1-49-34(47)42-21-37(28-6-3-7-29(38)18-28,30-8-4-9-32(30)43-35(48)50-2)27-10-14-45(15-11-27)22-36(40)23-46(24-36)33-17-26(20-44-12-5-13-44)25(19-41)16-31(33)39/h3,6-7,16-18,27,30,32H,4-5,8-15,20-24H2,1-2H3,(H,42,47)(H,43,48)/t30-,32-,37-/m0/s1. The molecule has 3 heterocycles. The monoisotopic (exact) mass is 696 g/mol. The molecule has 0 unspecified atom stereocenters. The quantitative estimate of drug-likeness (QED) is 0.334. The largest absolute Gasteiger partial charge is 0.453 e. The van der Waals surface area contributed by atoms with Crippen LogP contribution in [0.3, 0.4) is 0 Å². The van der Waals surface area contributed by atoms with Gasteiger partial charge in [-0.2, -0.15) is 5.26 Å². The van der Waals surface area contributed by atoms with E-state index in [-0.39, 0.29) is 44.1 Å². The van der Waals surface area contributed by atoms with Crippen molar-refractivity contribution in [3.8, 4) is 6.07 Å². The summed E-state index contributed by atoms with van der Waals surface area (Å²) >= 11 is 0. The number of benzene rings is 2. The number of nitrogens with one attached hydrogen (secondary N) is 2. The maximum absolute atomic E-state index is 16.2. The predicted molar refractivity (Wildman–Crippen MR) is 181 cm³/mol. The first kappa shape index (κ1) is 35.8. The van der Waals surface area contributed by atoms with Crippen molar-refractivity contribution in [3.05, 3.63) is 64.7 Å². The van der Waals surface area contributed by atoms with Crippen LogP contribution in [-0.4, -0.2) is 100 Å². The summed E-state index contributed by atoms with van der Waals surface area (Å²) in [4.78, 5) is 30.9. The second-order valence-corrected chi connectivity index (χ2v) is 14.4. The number of hydrogen-bond acceptors (Lipinski definition) is 8. The van der Waals surface area contributed by atoms with Crippen molar-refractivity contribution >= 4 is 17.9 Å². The topological polar surface area (TPSA) is 110 Å². The minimum Gasteiger partial charge on any atom is -0.453 e. The normalized spacial score (nSPS) is 23.6. The zero-order chi connectivity index (χ0) is 35.5. The van der Waals surface area contributed by atoms with Crippen molar-refractivity contribution in [3.63, 3.8) is 0 Å². The molecule has 50 heavy (non-hydrogen) atoms. The summed E-state index contributed by atoms with van der Waals surface area (Å²) in [6.45, 7) is 4.11. The Kier molecular flexibility index (Phi) is 10.8. The number of ether oxygens (including phenoxy) is 2. The zero-order valence-electron chi connectivity index (χ0n) is 28.9. The maximum atomic E-state index is 16.2. The number of amides is 2. The van der Waals surface area contributed by atoms with Gasteiger partial charge in [-0.1, -0.05) is 18.6 Å². The van der Waals surface area contributed by atoms with Gasteiger partial charge >= 0.3 is 12.2 Å². The number of likely N-dealkylation sites (tertiary alicyclic amines) is 2. The molecule has 1 saturated carbocycles. The zero-order valence-corrected chi connectivity index (χ0v) is 28.9. The van der Waals surface area contributed by atoms with Crippen molar-refractivity contribution in [1.82, 2.24) is 20.4 Å². The number of nitriles is 1. The summed E-state index contributed by atoms with van der Waals surface area (Å²) < 4.78 is 56.1. The van der Waals surface area contributed by atoms with E-state index in [9.17, 15) is 19.2 Å². The SMILES string of the molecule is COC(=O)NC[C@@](c1cccc(F)c1)(C1CCN(CC2(F)CN(c3cc(CN4CCC4)c(C#N)cc3F)C2)CC1)[C@H]1CCC[C@@H]1NC(=O)OC. The summed E-state index contributed by atoms with van der Waals surface area (Å²) in [5.41, 5.74) is -0.142. The first-order chi connectivity index (χ1) is 24.1. The predicted octanol–water partition coefficient (Wildman–Crippen LogP) is 5.10. The Bertz CT molecular complexity index is 1590. The summed E-state index contributed by atoms with van der Waals surface area (Å²) in [6.07, 6.45) is 3.59. The number of piperidine rings is 1. The van der Waals surface area contributed by atoms with Crippen LogP contribution in [0.1, 0.15) is 55.2 Å². The molecule has 3 atom stereocenters. The van der Waals surface area contributed by atoms with Crippen LogP contribution >= 0.6 is 0 Å². The molecular weight excluding hydrogens is 649 g/mol. The number of halogens is 3. The van der Waals surface area contributed by atoms with Gasteiger partial charge in [0, 0.05) is 31.1 Å². The van der Waals surface area contributed by atoms with Gasteiger partial charge in [0.1, 0.15) is 11.6 Å². The third-order valence-corrected chi connectivity index (χ3v) is 11.5. The van der Waals surface area contributed by atoms with E-state index in [1.165, 1.54) is 32.4 Å². The Morgan fingerprint density at radius 1 is 0.980 bits per heavy atom. The molecule has 0 aromatic heterocycles. The van der Waals surface area contributed by atoms with E-state index < -0.39 is 34.9 Å². The average Bonchev–Trinajstić information content (AvgIpc) is 3.54. The van der Waals surface area contributed by atoms with E-state index >= 15 is 8.78 Å². The lowest BCUT2D eigenvalue weighted by Gasteiger charge is -2.52. The van der Waals surface area contributed by atoms with E-state index in [2.05, 4.69) is 26.5 Å². The van der Waals surface area contributed by atoms with Crippen molar-refractivity contribution < 1.29 is 32.2 Å². The Labute approximate surface area is 291 Å². The van der Waals surface area contributed by atoms with Gasteiger partial charge in [-0.05, 0) is 106 Å². The molecule has 13 heteroatoms. The van der Waals surface area contributed by atoms with Crippen molar-refractivity contribution in [2.24, 2.45) is 11.8 Å². The van der Waals surface area contributed by atoms with Gasteiger partial charge in [-0.3, -0.25) is 9.80 Å². The van der Waals surface area contributed by atoms with Crippen molar-refractivity contribution in [2.45, 2.75) is 62.2 Å². The second-order valence-electron chi connectivity index (χ2n) is 14.4. The van der Waals surface area contributed by atoms with Crippen LogP contribution in [0, 0.1) is 34.8 Å². The minimum atomic E-state index is -1.53. The van der Waals surface area contributed by atoms with E-state index in [0.29, 0.717) is 50.1 Å². The molecule has 10 nitrogen and oxygen atoms in total. The Morgan fingerprint density at radius 2 is 1.72 bits per heavy atom. The molecule has 4 fully saturated rings. The van der Waals surface area contributed by atoms with E-state index in [0.717, 1.165) is 43.5 Å². The van der Waals surface area contributed by atoms with Crippen LogP contribution in [0.4, 0.5) is 28.4 Å². The van der Waals surface area contributed by atoms with Crippen molar-refractivity contribution in [2.75, 3.05) is 71.5 Å². The highest BCUT2D eigenvalue weighted by Crippen LogP contribution is 2.50. The maximum Gasteiger partial charge on any atom is 0.407 e. The smallest absolute Gasteiger partial charge is 0.407 e. The fraction of sp³-hybridized carbons (Fsp3) is 0.595. The summed E-state index contributed by atoms with van der Waals surface area (Å²) in [5.74, 6) is -1.08. The third-order valence-electron chi connectivity index (χ3n) is 11.5. The third kappa shape index (κ3) is 7.37. The average molecular weight is 697 g/mol. The first-order valence-electron chi connectivity index (χ1n) is 17.6. The van der Waals surface area contributed by atoms with Crippen LogP contribution in [0.15, 0.2) is 36.4 Å². The molecule has 0 spiro atoms. The number of carbonyl (C=O) groups is 2.